The molecule has 5 nitrogen and oxygen atoms in total. The molecule has 1 aliphatic rings. The van der Waals surface area contributed by atoms with Crippen LogP contribution in [-0.4, -0.2) is 29.7 Å². The van der Waals surface area contributed by atoms with Gasteiger partial charge >= 0.3 is 12.0 Å². The number of rotatable bonds is 4. The number of carbonyl (C=O) groups excluding carboxylic acids is 1. The molecule has 0 aromatic heterocycles. The van der Waals surface area contributed by atoms with E-state index in [1.54, 1.807) is 20.8 Å². The summed E-state index contributed by atoms with van der Waals surface area (Å²) in [5.74, 6) is 0.256. The molecule has 0 radical (unpaired) electrons. The van der Waals surface area contributed by atoms with Gasteiger partial charge in [0.25, 0.3) is 0 Å². The van der Waals surface area contributed by atoms with Crippen LogP contribution in [-0.2, 0) is 4.79 Å². The second-order valence-corrected chi connectivity index (χ2v) is 6.78. The van der Waals surface area contributed by atoms with Crippen molar-refractivity contribution in [3.63, 3.8) is 0 Å². The summed E-state index contributed by atoms with van der Waals surface area (Å²) in [6.45, 7) is 8.24. The van der Waals surface area contributed by atoms with Crippen molar-refractivity contribution >= 4 is 12.0 Å². The van der Waals surface area contributed by atoms with Gasteiger partial charge < -0.3 is 15.7 Å². The lowest BCUT2D eigenvalue weighted by Crippen LogP contribution is -2.52. The molecule has 1 fully saturated rings. The van der Waals surface area contributed by atoms with E-state index in [1.807, 2.05) is 0 Å². The third-order valence-corrected chi connectivity index (χ3v) is 3.74. The van der Waals surface area contributed by atoms with Crippen LogP contribution in [0, 0.1) is 17.3 Å². The van der Waals surface area contributed by atoms with Gasteiger partial charge in [0.05, 0.1) is 0 Å². The maximum Gasteiger partial charge on any atom is 0.326 e. The molecule has 0 aliphatic heterocycles. The van der Waals surface area contributed by atoms with Crippen molar-refractivity contribution in [2.24, 2.45) is 17.3 Å². The van der Waals surface area contributed by atoms with Gasteiger partial charge in [0.2, 0.25) is 0 Å². The van der Waals surface area contributed by atoms with Gasteiger partial charge in [-0.3, -0.25) is 0 Å². The van der Waals surface area contributed by atoms with E-state index < -0.39 is 17.4 Å². The van der Waals surface area contributed by atoms with E-state index in [9.17, 15) is 9.59 Å². The van der Waals surface area contributed by atoms with E-state index >= 15 is 0 Å². The Bertz CT molecular complexity index is 336. The molecule has 5 heteroatoms. The first-order valence-electron chi connectivity index (χ1n) is 6.97. The zero-order valence-corrected chi connectivity index (χ0v) is 12.3. The monoisotopic (exact) mass is 270 g/mol. The molecule has 3 atom stereocenters. The number of hydrogen-bond acceptors (Lipinski definition) is 2. The van der Waals surface area contributed by atoms with E-state index in [4.69, 9.17) is 5.11 Å². The fraction of sp³-hybridized carbons (Fsp3) is 0.857. The Labute approximate surface area is 115 Å². The predicted octanol–water partition coefficient (Wildman–Crippen LogP) is 2.22. The minimum Gasteiger partial charge on any atom is -0.480 e. The van der Waals surface area contributed by atoms with Crippen molar-refractivity contribution in [3.05, 3.63) is 0 Å². The van der Waals surface area contributed by atoms with Crippen LogP contribution in [0.1, 0.15) is 47.0 Å². The van der Waals surface area contributed by atoms with E-state index in [1.165, 1.54) is 6.42 Å². The summed E-state index contributed by atoms with van der Waals surface area (Å²) >= 11 is 0. The molecule has 1 rings (SSSR count). The standard InChI is InChI=1S/C14H26N2O3/c1-9-5-6-10(7-9)8-15-13(19)16-11(12(17)18)14(2,3)4/h9-11H,5-8H2,1-4H3,(H,17,18)(H2,15,16,19)/t9?,10?,11-/m1/s1. The van der Waals surface area contributed by atoms with Gasteiger partial charge in [0, 0.05) is 6.54 Å². The zero-order valence-electron chi connectivity index (χ0n) is 12.3. The average Bonchev–Trinajstić information content (AvgIpc) is 2.67. The lowest BCUT2D eigenvalue weighted by atomic mass is 9.87. The molecule has 110 valence electrons. The molecule has 1 aliphatic carbocycles. The Morgan fingerprint density at radius 2 is 1.95 bits per heavy atom. The van der Waals surface area contributed by atoms with Gasteiger partial charge in [-0.25, -0.2) is 9.59 Å². The minimum absolute atomic E-state index is 0.387. The first kappa shape index (κ1) is 15.8. The zero-order chi connectivity index (χ0) is 14.6. The van der Waals surface area contributed by atoms with Gasteiger partial charge in [0.1, 0.15) is 6.04 Å². The highest BCUT2D eigenvalue weighted by Crippen LogP contribution is 2.29. The summed E-state index contributed by atoms with van der Waals surface area (Å²) in [7, 11) is 0. The Balaban J connectivity index is 2.39. The molecule has 0 aromatic carbocycles. The van der Waals surface area contributed by atoms with Gasteiger partial charge in [-0.2, -0.15) is 0 Å². The second-order valence-electron chi connectivity index (χ2n) is 6.78. The van der Waals surface area contributed by atoms with E-state index in [-0.39, 0.29) is 6.03 Å². The lowest BCUT2D eigenvalue weighted by Gasteiger charge is -2.28. The lowest BCUT2D eigenvalue weighted by molar-refractivity contribution is -0.141. The first-order chi connectivity index (χ1) is 8.70. The highest BCUT2D eigenvalue weighted by Gasteiger charge is 2.32. The van der Waals surface area contributed by atoms with Crippen LogP contribution in [0.15, 0.2) is 0 Å². The van der Waals surface area contributed by atoms with E-state index in [0.29, 0.717) is 12.5 Å². The summed E-state index contributed by atoms with van der Waals surface area (Å²) in [4.78, 5) is 22.9. The summed E-state index contributed by atoms with van der Waals surface area (Å²) in [5.41, 5.74) is -0.509. The Morgan fingerprint density at radius 3 is 2.37 bits per heavy atom. The number of carbonyl (C=O) groups is 2. The van der Waals surface area contributed by atoms with Gasteiger partial charge in [-0.05, 0) is 30.1 Å². The molecular weight excluding hydrogens is 244 g/mol. The number of carboxylic acids is 1. The van der Waals surface area contributed by atoms with Crippen LogP contribution >= 0.6 is 0 Å². The van der Waals surface area contributed by atoms with Crippen molar-refractivity contribution in [3.8, 4) is 0 Å². The van der Waals surface area contributed by atoms with Crippen LogP contribution in [0.3, 0.4) is 0 Å². The molecule has 0 aromatic rings. The highest BCUT2D eigenvalue weighted by atomic mass is 16.4. The van der Waals surface area contributed by atoms with Gasteiger partial charge in [-0.15, -0.1) is 0 Å². The Kier molecular flexibility index (Phi) is 5.20. The molecule has 3 N–H and O–H groups in total. The van der Waals surface area contributed by atoms with Crippen LogP contribution in [0.4, 0.5) is 4.79 Å². The average molecular weight is 270 g/mol. The smallest absolute Gasteiger partial charge is 0.326 e. The van der Waals surface area contributed by atoms with Crippen LogP contribution < -0.4 is 10.6 Å². The van der Waals surface area contributed by atoms with Crippen molar-refractivity contribution in [1.82, 2.24) is 10.6 Å². The van der Waals surface area contributed by atoms with Crippen LogP contribution in [0.2, 0.25) is 0 Å². The Hall–Kier alpha value is -1.26. The molecular formula is C14H26N2O3. The summed E-state index contributed by atoms with van der Waals surface area (Å²) in [6.07, 6.45) is 3.50. The topological polar surface area (TPSA) is 78.4 Å². The number of carboxylic acid groups (broad SMARTS) is 1. The number of aliphatic carboxylic acids is 1. The number of urea groups is 1. The quantitative estimate of drug-likeness (QED) is 0.733. The van der Waals surface area contributed by atoms with E-state index in [2.05, 4.69) is 17.6 Å². The van der Waals surface area contributed by atoms with Crippen molar-refractivity contribution in [1.29, 1.82) is 0 Å². The summed E-state index contributed by atoms with van der Waals surface area (Å²) in [6, 6.07) is -1.27. The third kappa shape index (κ3) is 5.09. The van der Waals surface area contributed by atoms with Crippen molar-refractivity contribution in [2.75, 3.05) is 6.54 Å². The SMILES string of the molecule is CC1CCC(CNC(=O)N[C@H](C(=O)O)C(C)(C)C)C1. The minimum atomic E-state index is -1.00. The highest BCUT2D eigenvalue weighted by molar-refractivity contribution is 5.83. The van der Waals surface area contributed by atoms with Gasteiger partial charge in [0.15, 0.2) is 0 Å². The first-order valence-corrected chi connectivity index (χ1v) is 6.97. The maximum atomic E-state index is 11.8. The number of amides is 2. The predicted molar refractivity (Wildman–Crippen MR) is 73.9 cm³/mol. The molecule has 0 bridgehead atoms. The van der Waals surface area contributed by atoms with Crippen molar-refractivity contribution < 1.29 is 14.7 Å². The summed E-state index contributed by atoms with van der Waals surface area (Å²) < 4.78 is 0. The molecule has 2 unspecified atom stereocenters. The van der Waals surface area contributed by atoms with Gasteiger partial charge in [-0.1, -0.05) is 34.1 Å². The number of nitrogens with one attached hydrogen (secondary N) is 2. The molecule has 19 heavy (non-hydrogen) atoms. The molecule has 0 heterocycles. The van der Waals surface area contributed by atoms with Crippen LogP contribution in [0.25, 0.3) is 0 Å². The largest absolute Gasteiger partial charge is 0.480 e. The fourth-order valence-corrected chi connectivity index (χ4v) is 2.58. The normalized spacial score (nSPS) is 24.8. The van der Waals surface area contributed by atoms with E-state index in [0.717, 1.165) is 18.8 Å². The molecule has 2 amide bonds. The third-order valence-electron chi connectivity index (χ3n) is 3.74. The maximum absolute atomic E-state index is 11.8. The second kappa shape index (κ2) is 6.26. The van der Waals surface area contributed by atoms with Crippen LogP contribution in [0.5, 0.6) is 0 Å². The molecule has 0 spiro atoms. The Morgan fingerprint density at radius 1 is 1.32 bits per heavy atom. The fourth-order valence-electron chi connectivity index (χ4n) is 2.58. The van der Waals surface area contributed by atoms with Crippen molar-refractivity contribution in [2.45, 2.75) is 53.0 Å². The number of hydrogen-bond donors (Lipinski definition) is 3. The summed E-state index contributed by atoms with van der Waals surface area (Å²) in [5, 5.41) is 14.5. The molecule has 1 saturated carbocycles. The molecule has 0 saturated heterocycles.